The fourth-order valence-electron chi connectivity index (χ4n) is 2.67. The van der Waals surface area contributed by atoms with Gasteiger partial charge in [0.25, 0.3) is 0 Å². The van der Waals surface area contributed by atoms with Crippen molar-refractivity contribution in [3.8, 4) is 5.75 Å². The molecule has 0 spiro atoms. The van der Waals surface area contributed by atoms with E-state index in [0.717, 1.165) is 39.2 Å². The summed E-state index contributed by atoms with van der Waals surface area (Å²) in [7, 11) is 1.72. The minimum absolute atomic E-state index is 0.0300. The molecule has 1 aromatic rings. The van der Waals surface area contributed by atoms with Gasteiger partial charge in [0.1, 0.15) is 5.75 Å². The van der Waals surface area contributed by atoms with Crippen molar-refractivity contribution in [2.45, 2.75) is 12.8 Å². The molecule has 23 heavy (non-hydrogen) atoms. The highest BCUT2D eigenvalue weighted by molar-refractivity contribution is 6.30. The molecular weight excluding hydrogens is 316 g/mol. The van der Waals surface area contributed by atoms with Crippen molar-refractivity contribution in [2.24, 2.45) is 5.92 Å². The molecule has 5 nitrogen and oxygen atoms in total. The molecule has 0 radical (unpaired) electrons. The van der Waals surface area contributed by atoms with E-state index in [9.17, 15) is 4.79 Å². The second-order valence-electron chi connectivity index (χ2n) is 5.81. The summed E-state index contributed by atoms with van der Waals surface area (Å²) in [6.45, 7) is 4.94. The second kappa shape index (κ2) is 9.75. The number of hydrogen-bond acceptors (Lipinski definition) is 4. The van der Waals surface area contributed by atoms with Crippen molar-refractivity contribution >= 4 is 17.5 Å². The predicted octanol–water partition coefficient (Wildman–Crippen LogP) is 2.19. The predicted molar refractivity (Wildman–Crippen MR) is 91.0 cm³/mol. The van der Waals surface area contributed by atoms with Gasteiger partial charge in [0.15, 0.2) is 0 Å². The minimum Gasteiger partial charge on any atom is -0.493 e. The SMILES string of the molecule is COCCN1CCC(CNC(=O)CCOc2cccc(Cl)c2)C1. The van der Waals surface area contributed by atoms with Crippen LogP contribution in [0.1, 0.15) is 12.8 Å². The minimum atomic E-state index is 0.0300. The number of halogens is 1. The molecule has 1 aromatic carbocycles. The van der Waals surface area contributed by atoms with Gasteiger partial charge in [0.2, 0.25) is 5.91 Å². The number of methoxy groups -OCH3 is 1. The number of ether oxygens (including phenoxy) is 2. The van der Waals surface area contributed by atoms with Crippen molar-refractivity contribution in [1.29, 1.82) is 0 Å². The Morgan fingerprint density at radius 1 is 1.43 bits per heavy atom. The first-order valence-corrected chi connectivity index (χ1v) is 8.41. The Hall–Kier alpha value is -1.30. The lowest BCUT2D eigenvalue weighted by molar-refractivity contribution is -0.121. The summed E-state index contributed by atoms with van der Waals surface area (Å²) in [5.41, 5.74) is 0. The van der Waals surface area contributed by atoms with Crippen LogP contribution in [0.4, 0.5) is 0 Å². The van der Waals surface area contributed by atoms with Crippen LogP contribution in [0.25, 0.3) is 0 Å². The number of rotatable bonds is 9. The van der Waals surface area contributed by atoms with Gasteiger partial charge in [-0.15, -0.1) is 0 Å². The highest BCUT2D eigenvalue weighted by atomic mass is 35.5. The smallest absolute Gasteiger partial charge is 0.223 e. The van der Waals surface area contributed by atoms with Crippen LogP contribution in [-0.4, -0.2) is 57.3 Å². The maximum atomic E-state index is 11.9. The van der Waals surface area contributed by atoms with Crippen molar-refractivity contribution in [2.75, 3.05) is 46.5 Å². The molecule has 0 aliphatic carbocycles. The summed E-state index contributed by atoms with van der Waals surface area (Å²) >= 11 is 5.88. The Morgan fingerprint density at radius 2 is 2.30 bits per heavy atom. The van der Waals surface area contributed by atoms with Crippen LogP contribution in [0, 0.1) is 5.92 Å². The molecule has 0 aromatic heterocycles. The molecule has 1 amide bonds. The molecule has 1 aliphatic rings. The van der Waals surface area contributed by atoms with Crippen LogP contribution in [0.5, 0.6) is 5.75 Å². The van der Waals surface area contributed by atoms with E-state index < -0.39 is 0 Å². The summed E-state index contributed by atoms with van der Waals surface area (Å²) in [5.74, 6) is 1.25. The second-order valence-corrected chi connectivity index (χ2v) is 6.24. The molecule has 1 heterocycles. The van der Waals surface area contributed by atoms with Crippen molar-refractivity contribution in [3.05, 3.63) is 29.3 Å². The zero-order valence-corrected chi connectivity index (χ0v) is 14.3. The van der Waals surface area contributed by atoms with Crippen LogP contribution in [0.3, 0.4) is 0 Å². The Morgan fingerprint density at radius 3 is 3.09 bits per heavy atom. The van der Waals surface area contributed by atoms with Crippen molar-refractivity contribution in [1.82, 2.24) is 10.2 Å². The number of benzene rings is 1. The largest absolute Gasteiger partial charge is 0.493 e. The van der Waals surface area contributed by atoms with E-state index >= 15 is 0 Å². The van der Waals surface area contributed by atoms with E-state index in [-0.39, 0.29) is 5.91 Å². The van der Waals surface area contributed by atoms with Gasteiger partial charge in [-0.1, -0.05) is 17.7 Å². The monoisotopic (exact) mass is 340 g/mol. The number of amides is 1. The third-order valence-electron chi connectivity index (χ3n) is 3.96. The molecule has 1 atom stereocenters. The topological polar surface area (TPSA) is 50.8 Å². The third-order valence-corrected chi connectivity index (χ3v) is 4.20. The average Bonchev–Trinajstić information content (AvgIpc) is 2.99. The molecule has 0 bridgehead atoms. The number of carbonyl (C=O) groups is 1. The van der Waals surface area contributed by atoms with Gasteiger partial charge in [0, 0.05) is 31.8 Å². The van der Waals surface area contributed by atoms with E-state index in [1.54, 1.807) is 19.2 Å². The Labute approximate surface area is 142 Å². The quantitative estimate of drug-likeness (QED) is 0.748. The van der Waals surface area contributed by atoms with Crippen LogP contribution < -0.4 is 10.1 Å². The van der Waals surface area contributed by atoms with Crippen LogP contribution in [0.15, 0.2) is 24.3 Å². The zero-order valence-electron chi connectivity index (χ0n) is 13.6. The average molecular weight is 341 g/mol. The number of nitrogens with zero attached hydrogens (tertiary/aromatic N) is 1. The lowest BCUT2D eigenvalue weighted by Crippen LogP contribution is -2.32. The summed E-state index contributed by atoms with van der Waals surface area (Å²) in [6, 6.07) is 7.19. The Bertz CT molecular complexity index is 498. The molecule has 1 N–H and O–H groups in total. The Kier molecular flexibility index (Phi) is 7.65. The number of nitrogens with one attached hydrogen (secondary N) is 1. The van der Waals surface area contributed by atoms with Gasteiger partial charge in [-0.05, 0) is 37.1 Å². The van der Waals surface area contributed by atoms with E-state index in [4.69, 9.17) is 21.1 Å². The van der Waals surface area contributed by atoms with Crippen LogP contribution >= 0.6 is 11.6 Å². The maximum Gasteiger partial charge on any atom is 0.223 e. The normalized spacial score (nSPS) is 18.1. The van der Waals surface area contributed by atoms with Gasteiger partial charge in [-0.3, -0.25) is 4.79 Å². The van der Waals surface area contributed by atoms with Crippen molar-refractivity contribution in [3.63, 3.8) is 0 Å². The highest BCUT2D eigenvalue weighted by Gasteiger charge is 2.22. The third kappa shape index (κ3) is 6.77. The number of carbonyl (C=O) groups excluding carboxylic acids is 1. The van der Waals surface area contributed by atoms with Crippen LogP contribution in [-0.2, 0) is 9.53 Å². The highest BCUT2D eigenvalue weighted by Crippen LogP contribution is 2.17. The zero-order chi connectivity index (χ0) is 16.5. The lowest BCUT2D eigenvalue weighted by Gasteiger charge is -2.15. The van der Waals surface area contributed by atoms with E-state index in [2.05, 4.69) is 10.2 Å². The van der Waals surface area contributed by atoms with E-state index in [1.807, 2.05) is 12.1 Å². The summed E-state index contributed by atoms with van der Waals surface area (Å²) in [4.78, 5) is 14.2. The molecular formula is C17H25ClN2O3. The molecule has 2 rings (SSSR count). The van der Waals surface area contributed by atoms with Crippen LogP contribution in [0.2, 0.25) is 5.02 Å². The molecule has 1 aliphatic heterocycles. The van der Waals surface area contributed by atoms with E-state index in [1.165, 1.54) is 0 Å². The number of hydrogen-bond donors (Lipinski definition) is 1. The summed E-state index contributed by atoms with van der Waals surface area (Å²) in [6.07, 6.45) is 1.48. The molecule has 6 heteroatoms. The fourth-order valence-corrected chi connectivity index (χ4v) is 2.85. The van der Waals surface area contributed by atoms with Gasteiger partial charge in [-0.25, -0.2) is 0 Å². The molecule has 1 unspecified atom stereocenters. The van der Waals surface area contributed by atoms with E-state index in [0.29, 0.717) is 29.7 Å². The molecule has 1 fully saturated rings. The standard InChI is InChI=1S/C17H25ClN2O3/c1-22-10-8-20-7-5-14(13-20)12-19-17(21)6-9-23-16-4-2-3-15(18)11-16/h2-4,11,14H,5-10,12-13H2,1H3,(H,19,21). The first-order valence-electron chi connectivity index (χ1n) is 8.03. The first kappa shape index (κ1) is 18.0. The molecule has 0 saturated carbocycles. The Balaban J connectivity index is 1.57. The molecule has 128 valence electrons. The van der Waals surface area contributed by atoms with Gasteiger partial charge < -0.3 is 19.7 Å². The summed E-state index contributed by atoms with van der Waals surface area (Å²) in [5, 5.41) is 3.63. The lowest BCUT2D eigenvalue weighted by atomic mass is 10.1. The maximum absolute atomic E-state index is 11.9. The molecule has 1 saturated heterocycles. The van der Waals surface area contributed by atoms with Gasteiger partial charge in [-0.2, -0.15) is 0 Å². The van der Waals surface area contributed by atoms with Gasteiger partial charge >= 0.3 is 0 Å². The first-order chi connectivity index (χ1) is 11.2. The van der Waals surface area contributed by atoms with Crippen molar-refractivity contribution < 1.29 is 14.3 Å². The van der Waals surface area contributed by atoms with Gasteiger partial charge in [0.05, 0.1) is 19.6 Å². The summed E-state index contributed by atoms with van der Waals surface area (Å²) < 4.78 is 10.6. The number of likely N-dealkylation sites (tertiary alicyclic amines) is 1. The fraction of sp³-hybridized carbons (Fsp3) is 0.588.